The molecule has 3 aromatic heterocycles. The lowest BCUT2D eigenvalue weighted by atomic mass is 9.83. The molecule has 1 unspecified atom stereocenters. The summed E-state index contributed by atoms with van der Waals surface area (Å²) >= 11 is 6.21. The van der Waals surface area contributed by atoms with Gasteiger partial charge in [0.05, 0.1) is 16.1 Å². The van der Waals surface area contributed by atoms with Gasteiger partial charge in [0, 0.05) is 30.7 Å². The summed E-state index contributed by atoms with van der Waals surface area (Å²) in [6, 6.07) is 3.82. The van der Waals surface area contributed by atoms with Crippen molar-refractivity contribution in [3.8, 4) is 11.3 Å². The van der Waals surface area contributed by atoms with Crippen LogP contribution in [0.5, 0.6) is 0 Å². The molecule has 0 saturated heterocycles. The third kappa shape index (κ3) is 3.73. The molecule has 0 amide bonds. The van der Waals surface area contributed by atoms with Gasteiger partial charge >= 0.3 is 0 Å². The summed E-state index contributed by atoms with van der Waals surface area (Å²) in [5.74, 6) is 1.90. The first-order valence-electron chi connectivity index (χ1n) is 10.2. The number of hydrogen-bond donors (Lipinski definition) is 2. The lowest BCUT2D eigenvalue weighted by Gasteiger charge is -2.26. The molecule has 30 heavy (non-hydrogen) atoms. The van der Waals surface area contributed by atoms with Gasteiger partial charge in [0.2, 0.25) is 5.82 Å². The molecule has 1 atom stereocenters. The molecule has 0 bridgehead atoms. The number of hydrogen-bond acceptors (Lipinski definition) is 7. The van der Waals surface area contributed by atoms with E-state index >= 15 is 0 Å². The van der Waals surface area contributed by atoms with Gasteiger partial charge in [-0.3, -0.25) is 4.98 Å². The van der Waals surface area contributed by atoms with Gasteiger partial charge in [0.25, 0.3) is 12.3 Å². The lowest BCUT2D eigenvalue weighted by molar-refractivity contribution is -0.0333. The molecular formula is C21H23ClN6O2. The Kier molecular flexibility index (Phi) is 5.04. The van der Waals surface area contributed by atoms with Crippen LogP contribution in [-0.4, -0.2) is 36.9 Å². The summed E-state index contributed by atoms with van der Waals surface area (Å²) in [5, 5.41) is 14.1. The fourth-order valence-electron chi connectivity index (χ4n) is 4.26. The molecule has 8 nitrogen and oxygen atoms in total. The largest absolute Gasteiger partial charge is 0.424 e. The highest BCUT2D eigenvalue weighted by Crippen LogP contribution is 2.33. The number of pyridine rings is 1. The van der Waals surface area contributed by atoms with Crippen LogP contribution in [0.3, 0.4) is 0 Å². The van der Waals surface area contributed by atoms with Crippen molar-refractivity contribution < 1.29 is 9.84 Å². The highest BCUT2D eigenvalue weighted by atomic mass is 35.5. The highest BCUT2D eigenvalue weighted by Gasteiger charge is 2.25. The molecule has 2 N–H and O–H groups in total. The molecule has 3 aromatic rings. The van der Waals surface area contributed by atoms with Crippen LogP contribution in [-0.2, 0) is 11.3 Å². The van der Waals surface area contributed by atoms with E-state index in [4.69, 9.17) is 21.3 Å². The summed E-state index contributed by atoms with van der Waals surface area (Å²) < 4.78 is 7.51. The number of ether oxygens (including phenoxy) is 1. The van der Waals surface area contributed by atoms with Gasteiger partial charge < -0.3 is 14.4 Å². The van der Waals surface area contributed by atoms with E-state index in [0.29, 0.717) is 22.5 Å². The lowest BCUT2D eigenvalue weighted by Crippen LogP contribution is -2.21. The minimum atomic E-state index is -1.20. The van der Waals surface area contributed by atoms with Crippen molar-refractivity contribution in [2.45, 2.75) is 45.6 Å². The van der Waals surface area contributed by atoms with E-state index in [1.54, 1.807) is 12.4 Å². The number of aliphatic hydroxyl groups excluding tert-OH is 1. The van der Waals surface area contributed by atoms with Crippen LogP contribution < -0.4 is 5.43 Å². The van der Waals surface area contributed by atoms with Gasteiger partial charge in [-0.05, 0) is 36.8 Å². The summed E-state index contributed by atoms with van der Waals surface area (Å²) in [6.07, 6.45) is 9.23. The standard InChI is InChI=1S/C21H23ClN6O2/c1-12-2-4-13(5-3-12)11-28-7-6-16-18(28)17(14-8-15(22)10-23-9-14)25-19(24-16)20-26-27-21(29)30-20/h6-10,12-13,21,27,29H,2-5,11H2,1H3. The third-order valence-corrected chi connectivity index (χ3v) is 6.08. The summed E-state index contributed by atoms with van der Waals surface area (Å²) in [5.41, 5.74) is 5.68. The summed E-state index contributed by atoms with van der Waals surface area (Å²) in [6.45, 7) is 3.26. The fourth-order valence-corrected chi connectivity index (χ4v) is 4.44. The predicted octanol–water partition coefficient (Wildman–Crippen LogP) is 3.53. The normalized spacial score (nSPS) is 23.8. The van der Waals surface area contributed by atoms with Crippen LogP contribution >= 0.6 is 11.6 Å². The first-order chi connectivity index (χ1) is 14.6. The second kappa shape index (κ2) is 7.85. The van der Waals surface area contributed by atoms with E-state index in [2.05, 4.69) is 38.2 Å². The molecular weight excluding hydrogens is 404 g/mol. The molecule has 1 fully saturated rings. The van der Waals surface area contributed by atoms with Crippen LogP contribution in [0.15, 0.2) is 35.8 Å². The third-order valence-electron chi connectivity index (χ3n) is 5.87. The number of nitrogens with one attached hydrogen (secondary N) is 1. The van der Waals surface area contributed by atoms with E-state index < -0.39 is 6.41 Å². The zero-order valence-electron chi connectivity index (χ0n) is 16.6. The summed E-state index contributed by atoms with van der Waals surface area (Å²) in [7, 11) is 0. The number of nitrogens with zero attached hydrogens (tertiary/aromatic N) is 5. The number of fused-ring (bicyclic) bond motifs is 1. The second-order valence-corrected chi connectivity index (χ2v) is 8.57. The zero-order chi connectivity index (χ0) is 20.7. The zero-order valence-corrected chi connectivity index (χ0v) is 17.4. The van der Waals surface area contributed by atoms with Crippen LogP contribution in [0.25, 0.3) is 22.3 Å². The van der Waals surface area contributed by atoms with Crippen molar-refractivity contribution >= 4 is 28.5 Å². The van der Waals surface area contributed by atoms with E-state index in [0.717, 1.165) is 29.1 Å². The Labute approximate surface area is 179 Å². The first kappa shape index (κ1) is 19.3. The number of halogens is 1. The van der Waals surface area contributed by atoms with Gasteiger partial charge in [-0.1, -0.05) is 31.4 Å². The highest BCUT2D eigenvalue weighted by molar-refractivity contribution is 6.30. The smallest absolute Gasteiger partial charge is 0.295 e. The molecule has 2 aliphatic rings. The number of rotatable bonds is 4. The second-order valence-electron chi connectivity index (χ2n) is 8.13. The molecule has 5 rings (SSSR count). The number of aromatic nitrogens is 4. The molecule has 4 heterocycles. The predicted molar refractivity (Wildman–Crippen MR) is 114 cm³/mol. The fraction of sp³-hybridized carbons (Fsp3) is 0.429. The van der Waals surface area contributed by atoms with Crippen LogP contribution in [0.1, 0.15) is 38.4 Å². The number of aliphatic hydroxyl groups is 1. The monoisotopic (exact) mass is 426 g/mol. The average Bonchev–Trinajstić information content (AvgIpc) is 3.35. The first-order valence-corrected chi connectivity index (χ1v) is 10.6. The van der Waals surface area contributed by atoms with Gasteiger partial charge in [-0.25, -0.2) is 15.4 Å². The van der Waals surface area contributed by atoms with Gasteiger partial charge in [0.1, 0.15) is 5.69 Å². The Hall–Kier alpha value is -2.71. The molecule has 0 radical (unpaired) electrons. The Morgan fingerprint density at radius 2 is 2.07 bits per heavy atom. The Balaban J connectivity index is 1.59. The molecule has 1 aliphatic carbocycles. The maximum atomic E-state index is 9.57. The maximum absolute atomic E-state index is 9.57. The minimum Gasteiger partial charge on any atom is -0.424 e. The van der Waals surface area contributed by atoms with Crippen molar-refractivity contribution in [2.24, 2.45) is 16.9 Å². The number of hydrazone groups is 1. The van der Waals surface area contributed by atoms with Crippen LogP contribution in [0.4, 0.5) is 0 Å². The van der Waals surface area contributed by atoms with Crippen LogP contribution in [0, 0.1) is 11.8 Å². The molecule has 0 aromatic carbocycles. The van der Waals surface area contributed by atoms with Gasteiger partial charge in [0.15, 0.2) is 0 Å². The topological polar surface area (TPSA) is 97.5 Å². The van der Waals surface area contributed by atoms with Crippen molar-refractivity contribution in [2.75, 3.05) is 0 Å². The van der Waals surface area contributed by atoms with E-state index in [-0.39, 0.29) is 5.90 Å². The van der Waals surface area contributed by atoms with Crippen molar-refractivity contribution in [1.82, 2.24) is 24.9 Å². The Morgan fingerprint density at radius 1 is 1.23 bits per heavy atom. The molecule has 0 spiro atoms. The quantitative estimate of drug-likeness (QED) is 0.662. The molecule has 1 aliphatic heterocycles. The van der Waals surface area contributed by atoms with E-state index in [9.17, 15) is 5.11 Å². The minimum absolute atomic E-state index is 0.148. The van der Waals surface area contributed by atoms with Crippen molar-refractivity contribution in [3.05, 3.63) is 41.6 Å². The molecule has 156 valence electrons. The van der Waals surface area contributed by atoms with Gasteiger partial charge in [-0.15, -0.1) is 5.10 Å². The van der Waals surface area contributed by atoms with Crippen molar-refractivity contribution in [3.63, 3.8) is 0 Å². The molecule has 1 saturated carbocycles. The van der Waals surface area contributed by atoms with E-state index in [1.165, 1.54) is 25.7 Å². The Morgan fingerprint density at radius 3 is 2.80 bits per heavy atom. The molecule has 9 heteroatoms. The van der Waals surface area contributed by atoms with E-state index in [1.807, 2.05) is 12.1 Å². The van der Waals surface area contributed by atoms with Gasteiger partial charge in [-0.2, -0.15) is 0 Å². The van der Waals surface area contributed by atoms with Crippen LogP contribution in [0.2, 0.25) is 5.02 Å². The SMILES string of the molecule is CC1CCC(Cn2ccc3nc(C4=NNC(O)O4)nc(-c4cncc(Cl)c4)c32)CC1. The maximum Gasteiger partial charge on any atom is 0.295 e. The Bertz CT molecular complexity index is 1110. The van der Waals surface area contributed by atoms with Crippen molar-refractivity contribution in [1.29, 1.82) is 0 Å². The average molecular weight is 427 g/mol. The summed E-state index contributed by atoms with van der Waals surface area (Å²) in [4.78, 5) is 13.6.